The van der Waals surface area contributed by atoms with Gasteiger partial charge in [-0.1, -0.05) is 48.0 Å². The van der Waals surface area contributed by atoms with E-state index in [4.69, 9.17) is 11.6 Å². The highest BCUT2D eigenvalue weighted by atomic mass is 35.5. The number of halogens is 1. The van der Waals surface area contributed by atoms with Gasteiger partial charge in [0, 0.05) is 17.3 Å². The van der Waals surface area contributed by atoms with Crippen molar-refractivity contribution in [3.05, 3.63) is 65.2 Å². The highest BCUT2D eigenvalue weighted by molar-refractivity contribution is 6.31. The Morgan fingerprint density at radius 1 is 1.12 bits per heavy atom. The van der Waals surface area contributed by atoms with Gasteiger partial charge in [-0.25, -0.2) is 0 Å². The predicted octanol–water partition coefficient (Wildman–Crippen LogP) is 1.75. The highest BCUT2D eigenvalue weighted by Crippen LogP contribution is 2.14. The Labute approximate surface area is 154 Å². The van der Waals surface area contributed by atoms with Crippen molar-refractivity contribution in [1.82, 2.24) is 5.32 Å². The standard InChI is InChI=1S/C20H24ClN3O/c1-16(20(25)22-15-17-7-5-6-10-19(17)21)23-11-13-24(14-12-23)18-8-3-2-4-9-18/h2-10,16H,11-15H2,1H3,(H,22,25)/p+1/t16-/m0/s1. The predicted molar refractivity (Wildman–Crippen MR) is 102 cm³/mol. The van der Waals surface area contributed by atoms with Gasteiger partial charge in [0.15, 0.2) is 6.04 Å². The maximum absolute atomic E-state index is 12.5. The van der Waals surface area contributed by atoms with E-state index < -0.39 is 0 Å². The first-order chi connectivity index (χ1) is 12.1. The zero-order valence-corrected chi connectivity index (χ0v) is 15.3. The third-order valence-electron chi connectivity index (χ3n) is 4.94. The number of piperazine rings is 1. The van der Waals surface area contributed by atoms with Crippen LogP contribution in [0.25, 0.3) is 0 Å². The summed E-state index contributed by atoms with van der Waals surface area (Å²) in [4.78, 5) is 16.2. The third kappa shape index (κ3) is 4.53. The number of carbonyl (C=O) groups excluding carboxylic acids is 1. The van der Waals surface area contributed by atoms with Crippen LogP contribution < -0.4 is 15.1 Å². The molecule has 0 spiro atoms. The van der Waals surface area contributed by atoms with E-state index in [9.17, 15) is 4.79 Å². The molecule has 132 valence electrons. The molecule has 1 heterocycles. The lowest BCUT2D eigenvalue weighted by Crippen LogP contribution is -3.19. The first-order valence-electron chi connectivity index (χ1n) is 8.81. The number of anilines is 1. The monoisotopic (exact) mass is 358 g/mol. The zero-order chi connectivity index (χ0) is 17.6. The van der Waals surface area contributed by atoms with Crippen molar-refractivity contribution in [3.63, 3.8) is 0 Å². The Hall–Kier alpha value is -2.04. The molecular weight excluding hydrogens is 334 g/mol. The summed E-state index contributed by atoms with van der Waals surface area (Å²) in [7, 11) is 0. The van der Waals surface area contributed by atoms with Crippen LogP contribution in [0.1, 0.15) is 12.5 Å². The van der Waals surface area contributed by atoms with Crippen LogP contribution in [-0.2, 0) is 11.3 Å². The van der Waals surface area contributed by atoms with Crippen molar-refractivity contribution in [2.45, 2.75) is 19.5 Å². The number of quaternary nitrogens is 1. The fourth-order valence-electron chi connectivity index (χ4n) is 3.29. The summed E-state index contributed by atoms with van der Waals surface area (Å²) in [6, 6.07) is 18.0. The number of hydrogen-bond donors (Lipinski definition) is 2. The van der Waals surface area contributed by atoms with E-state index in [1.807, 2.05) is 37.3 Å². The van der Waals surface area contributed by atoms with Crippen LogP contribution in [0, 0.1) is 0 Å². The fraction of sp³-hybridized carbons (Fsp3) is 0.350. The molecule has 0 unspecified atom stereocenters. The molecule has 5 heteroatoms. The van der Waals surface area contributed by atoms with E-state index >= 15 is 0 Å². The van der Waals surface area contributed by atoms with E-state index in [1.165, 1.54) is 10.6 Å². The lowest BCUT2D eigenvalue weighted by Gasteiger charge is -2.36. The van der Waals surface area contributed by atoms with Crippen molar-refractivity contribution < 1.29 is 9.69 Å². The van der Waals surface area contributed by atoms with Crippen LogP contribution >= 0.6 is 11.6 Å². The van der Waals surface area contributed by atoms with Crippen molar-refractivity contribution in [2.75, 3.05) is 31.1 Å². The summed E-state index contributed by atoms with van der Waals surface area (Å²) in [5, 5.41) is 3.72. The lowest BCUT2D eigenvalue weighted by molar-refractivity contribution is -0.914. The Morgan fingerprint density at radius 2 is 1.76 bits per heavy atom. The summed E-state index contributed by atoms with van der Waals surface area (Å²) >= 11 is 6.15. The second kappa shape index (κ2) is 8.37. The highest BCUT2D eigenvalue weighted by Gasteiger charge is 2.29. The van der Waals surface area contributed by atoms with E-state index in [0.717, 1.165) is 31.7 Å². The molecule has 3 rings (SSSR count). The minimum absolute atomic E-state index is 0.0552. The van der Waals surface area contributed by atoms with Gasteiger partial charge in [0.1, 0.15) is 0 Å². The summed E-state index contributed by atoms with van der Waals surface area (Å²) in [5.41, 5.74) is 2.21. The smallest absolute Gasteiger partial charge is 0.278 e. The van der Waals surface area contributed by atoms with Crippen LogP contribution in [0.15, 0.2) is 54.6 Å². The summed E-state index contributed by atoms with van der Waals surface area (Å²) in [6.07, 6.45) is 0. The van der Waals surface area contributed by atoms with E-state index in [-0.39, 0.29) is 11.9 Å². The number of hydrogen-bond acceptors (Lipinski definition) is 2. The van der Waals surface area contributed by atoms with Gasteiger partial charge in [-0.05, 0) is 30.7 Å². The Morgan fingerprint density at radius 3 is 2.44 bits per heavy atom. The van der Waals surface area contributed by atoms with Gasteiger partial charge in [0.2, 0.25) is 0 Å². The van der Waals surface area contributed by atoms with Crippen molar-refractivity contribution >= 4 is 23.2 Å². The van der Waals surface area contributed by atoms with Gasteiger partial charge in [-0.15, -0.1) is 0 Å². The molecule has 2 aromatic carbocycles. The number of benzene rings is 2. The average molecular weight is 359 g/mol. The molecule has 2 aromatic rings. The minimum Gasteiger partial charge on any atom is -0.360 e. The maximum Gasteiger partial charge on any atom is 0.278 e. The van der Waals surface area contributed by atoms with E-state index in [1.54, 1.807) is 0 Å². The van der Waals surface area contributed by atoms with Gasteiger partial charge in [-0.2, -0.15) is 0 Å². The SMILES string of the molecule is C[C@@H](C(=O)NCc1ccccc1Cl)[NH+]1CCN(c2ccccc2)CC1. The molecule has 0 aromatic heterocycles. The van der Waals surface area contributed by atoms with Crippen LogP contribution in [0.5, 0.6) is 0 Å². The number of nitrogens with zero attached hydrogens (tertiary/aromatic N) is 1. The van der Waals surface area contributed by atoms with Gasteiger partial charge < -0.3 is 15.1 Å². The van der Waals surface area contributed by atoms with Crippen LogP contribution in [-0.4, -0.2) is 38.1 Å². The summed E-state index contributed by atoms with van der Waals surface area (Å²) < 4.78 is 0. The van der Waals surface area contributed by atoms with Gasteiger partial charge in [0.25, 0.3) is 5.91 Å². The maximum atomic E-state index is 12.5. The molecule has 4 nitrogen and oxygen atoms in total. The molecule has 0 radical (unpaired) electrons. The number of nitrogens with one attached hydrogen (secondary N) is 2. The lowest BCUT2D eigenvalue weighted by atomic mass is 10.2. The number of amides is 1. The van der Waals surface area contributed by atoms with Crippen molar-refractivity contribution in [3.8, 4) is 0 Å². The summed E-state index contributed by atoms with van der Waals surface area (Å²) in [5.74, 6) is 0.0862. The second-order valence-electron chi connectivity index (χ2n) is 6.51. The zero-order valence-electron chi connectivity index (χ0n) is 14.5. The van der Waals surface area contributed by atoms with Crippen LogP contribution in [0.2, 0.25) is 5.02 Å². The summed E-state index contributed by atoms with van der Waals surface area (Å²) in [6.45, 7) is 6.37. The molecule has 0 aliphatic carbocycles. The molecular formula is C20H25ClN3O+. The first kappa shape index (κ1) is 17.8. The molecule has 0 saturated carbocycles. The molecule has 1 saturated heterocycles. The Kier molecular flexibility index (Phi) is 5.95. The van der Waals surface area contributed by atoms with Crippen molar-refractivity contribution in [2.24, 2.45) is 0 Å². The topological polar surface area (TPSA) is 36.8 Å². The van der Waals surface area contributed by atoms with E-state index in [0.29, 0.717) is 11.6 Å². The quantitative estimate of drug-likeness (QED) is 0.854. The number of carbonyl (C=O) groups is 1. The van der Waals surface area contributed by atoms with Gasteiger partial charge in [-0.3, -0.25) is 4.79 Å². The minimum atomic E-state index is -0.0552. The van der Waals surface area contributed by atoms with E-state index in [2.05, 4.69) is 34.5 Å². The largest absolute Gasteiger partial charge is 0.360 e. The Balaban J connectivity index is 1.49. The fourth-order valence-corrected chi connectivity index (χ4v) is 3.49. The van der Waals surface area contributed by atoms with Gasteiger partial charge in [0.05, 0.1) is 26.2 Å². The molecule has 2 N–H and O–H groups in total. The van der Waals surface area contributed by atoms with Crippen molar-refractivity contribution in [1.29, 1.82) is 0 Å². The van der Waals surface area contributed by atoms with Crippen LogP contribution in [0.3, 0.4) is 0 Å². The Bertz CT molecular complexity index is 699. The first-order valence-corrected chi connectivity index (χ1v) is 9.18. The average Bonchev–Trinajstić information content (AvgIpc) is 2.67. The van der Waals surface area contributed by atoms with Crippen LogP contribution in [0.4, 0.5) is 5.69 Å². The molecule has 25 heavy (non-hydrogen) atoms. The van der Waals surface area contributed by atoms with Gasteiger partial charge >= 0.3 is 0 Å². The third-order valence-corrected chi connectivity index (χ3v) is 5.31. The molecule has 1 amide bonds. The number of para-hydroxylation sites is 1. The molecule has 1 aliphatic heterocycles. The molecule has 1 fully saturated rings. The normalized spacial score (nSPS) is 16.5. The number of rotatable bonds is 5. The molecule has 1 aliphatic rings. The molecule has 1 atom stereocenters. The second-order valence-corrected chi connectivity index (χ2v) is 6.92. The molecule has 0 bridgehead atoms.